The average molecular weight is 313 g/mol. The minimum atomic E-state index is 0.630. The summed E-state index contributed by atoms with van der Waals surface area (Å²) in [5, 5.41) is 10.2. The fourth-order valence-corrected chi connectivity index (χ4v) is 3.72. The Hall–Kier alpha value is -2.04. The third-order valence-corrected chi connectivity index (χ3v) is 4.80. The third kappa shape index (κ3) is 2.73. The Kier molecular flexibility index (Phi) is 4.08. The summed E-state index contributed by atoms with van der Waals surface area (Å²) in [7, 11) is 0. The van der Waals surface area contributed by atoms with Crippen molar-refractivity contribution in [2.24, 2.45) is 0 Å². The Morgan fingerprint density at radius 2 is 2.10 bits per heavy atom. The summed E-state index contributed by atoms with van der Waals surface area (Å²) in [6, 6.07) is 8.18. The third-order valence-electron chi connectivity index (χ3n) is 2.79. The molecule has 2 aromatic heterocycles. The molecule has 0 amide bonds. The number of nitrogens with zero attached hydrogens (tertiary/aromatic N) is 4. The second kappa shape index (κ2) is 6.16. The van der Waals surface area contributed by atoms with Crippen LogP contribution in [0.25, 0.3) is 11.2 Å². The minimum absolute atomic E-state index is 0.630. The monoisotopic (exact) mass is 313 g/mol. The molecule has 5 nitrogen and oxygen atoms in total. The summed E-state index contributed by atoms with van der Waals surface area (Å²) < 4.78 is 0. The Morgan fingerprint density at radius 3 is 2.90 bits per heavy atom. The number of H-pyrrole nitrogens is 1. The van der Waals surface area contributed by atoms with Gasteiger partial charge in [0.15, 0.2) is 5.65 Å². The lowest BCUT2D eigenvalue weighted by Crippen LogP contribution is -1.89. The molecule has 104 valence electrons. The van der Waals surface area contributed by atoms with Crippen LogP contribution in [0, 0.1) is 11.3 Å². The molecule has 1 N–H and O–H groups in total. The van der Waals surface area contributed by atoms with Gasteiger partial charge in [0.1, 0.15) is 22.9 Å². The summed E-state index contributed by atoms with van der Waals surface area (Å²) in [6.07, 6.45) is 3.08. The smallest absolute Gasteiger partial charge is 0.181 e. The topological polar surface area (TPSA) is 78.2 Å². The first kappa shape index (κ1) is 13.9. The fraction of sp³-hybridized carbons (Fsp3) is 0.143. The van der Waals surface area contributed by atoms with Crippen LogP contribution in [0.15, 0.2) is 45.7 Å². The van der Waals surface area contributed by atoms with Crippen LogP contribution < -0.4 is 0 Å². The first-order valence-corrected chi connectivity index (χ1v) is 8.11. The number of aromatic amines is 1. The molecule has 0 saturated carbocycles. The maximum absolute atomic E-state index is 9.45. The van der Waals surface area contributed by atoms with Crippen molar-refractivity contribution >= 4 is 34.7 Å². The summed E-state index contributed by atoms with van der Waals surface area (Å²) in [5.74, 6) is 0.932. The quantitative estimate of drug-likeness (QED) is 0.587. The van der Waals surface area contributed by atoms with Crippen LogP contribution >= 0.6 is 23.5 Å². The standard InChI is InChI=1S/C14H11N5S2/c1-2-20-10-4-3-5-11(9(10)6-15)21-14-12-13(17-7-16-12)18-8-19-14/h3-5,7-8H,2H2,1H3,(H,16,17,18,19). The van der Waals surface area contributed by atoms with Gasteiger partial charge in [-0.3, -0.25) is 0 Å². The van der Waals surface area contributed by atoms with Crippen molar-refractivity contribution in [2.45, 2.75) is 21.7 Å². The van der Waals surface area contributed by atoms with Crippen LogP contribution in [0.1, 0.15) is 12.5 Å². The van der Waals surface area contributed by atoms with Gasteiger partial charge in [-0.15, -0.1) is 11.8 Å². The van der Waals surface area contributed by atoms with Crippen molar-refractivity contribution in [2.75, 3.05) is 5.75 Å². The molecular weight excluding hydrogens is 302 g/mol. The van der Waals surface area contributed by atoms with E-state index in [9.17, 15) is 5.26 Å². The predicted octanol–water partition coefficient (Wildman–Crippen LogP) is 3.49. The van der Waals surface area contributed by atoms with Gasteiger partial charge in [0.25, 0.3) is 0 Å². The van der Waals surface area contributed by atoms with Gasteiger partial charge in [-0.25, -0.2) is 15.0 Å². The number of rotatable bonds is 4. The number of imidazole rings is 1. The van der Waals surface area contributed by atoms with Gasteiger partial charge >= 0.3 is 0 Å². The summed E-state index contributed by atoms with van der Waals surface area (Å²) in [5.41, 5.74) is 2.12. The molecule has 0 bridgehead atoms. The molecule has 0 aliphatic heterocycles. The summed E-state index contributed by atoms with van der Waals surface area (Å²) in [6.45, 7) is 2.07. The molecule has 0 spiro atoms. The van der Waals surface area contributed by atoms with Crippen molar-refractivity contribution in [3.05, 3.63) is 36.4 Å². The molecule has 2 heterocycles. The number of hydrogen-bond donors (Lipinski definition) is 1. The van der Waals surface area contributed by atoms with E-state index in [1.165, 1.54) is 18.1 Å². The molecule has 3 rings (SSSR count). The van der Waals surface area contributed by atoms with Crippen LogP contribution in [-0.2, 0) is 0 Å². The SMILES string of the molecule is CCSc1cccc(Sc2ncnc3nc[nH]c23)c1C#N. The van der Waals surface area contributed by atoms with Crippen LogP contribution in [0.4, 0.5) is 0 Å². The van der Waals surface area contributed by atoms with Gasteiger partial charge in [0.05, 0.1) is 11.9 Å². The van der Waals surface area contributed by atoms with Crippen LogP contribution in [0.2, 0.25) is 0 Å². The number of aromatic nitrogens is 4. The Morgan fingerprint density at radius 1 is 1.24 bits per heavy atom. The second-order valence-corrected chi connectivity index (χ2v) is 6.39. The maximum Gasteiger partial charge on any atom is 0.181 e. The molecule has 0 unspecified atom stereocenters. The van der Waals surface area contributed by atoms with Gasteiger partial charge < -0.3 is 4.98 Å². The molecule has 21 heavy (non-hydrogen) atoms. The number of nitrogens with one attached hydrogen (secondary N) is 1. The summed E-state index contributed by atoms with van der Waals surface area (Å²) >= 11 is 3.12. The van der Waals surface area contributed by atoms with Crippen molar-refractivity contribution in [3.8, 4) is 6.07 Å². The highest BCUT2D eigenvalue weighted by molar-refractivity contribution is 8.00. The molecule has 0 saturated heterocycles. The maximum atomic E-state index is 9.45. The van der Waals surface area contributed by atoms with Gasteiger partial charge in [0.2, 0.25) is 0 Å². The first-order chi connectivity index (χ1) is 10.3. The van der Waals surface area contributed by atoms with Gasteiger partial charge in [-0.1, -0.05) is 24.8 Å². The zero-order valence-corrected chi connectivity index (χ0v) is 12.8. The van der Waals surface area contributed by atoms with Crippen LogP contribution in [0.3, 0.4) is 0 Å². The molecule has 0 aliphatic rings. The minimum Gasteiger partial charge on any atom is -0.341 e. The number of benzene rings is 1. The number of thioether (sulfide) groups is 1. The normalized spacial score (nSPS) is 10.7. The van der Waals surface area contributed by atoms with E-state index in [2.05, 4.69) is 32.9 Å². The molecule has 0 atom stereocenters. The van der Waals surface area contributed by atoms with Crippen molar-refractivity contribution in [1.29, 1.82) is 5.26 Å². The lowest BCUT2D eigenvalue weighted by atomic mass is 10.2. The van der Waals surface area contributed by atoms with Crippen LogP contribution in [0.5, 0.6) is 0 Å². The van der Waals surface area contributed by atoms with E-state index >= 15 is 0 Å². The molecule has 0 aliphatic carbocycles. The van der Waals surface area contributed by atoms with E-state index < -0.39 is 0 Å². The zero-order chi connectivity index (χ0) is 14.7. The highest BCUT2D eigenvalue weighted by Crippen LogP contribution is 2.35. The van der Waals surface area contributed by atoms with Crippen molar-refractivity contribution < 1.29 is 0 Å². The number of fused-ring (bicyclic) bond motifs is 1. The van der Waals surface area contributed by atoms with Crippen LogP contribution in [-0.4, -0.2) is 25.7 Å². The Bertz CT molecular complexity index is 822. The van der Waals surface area contributed by atoms with E-state index in [4.69, 9.17) is 0 Å². The summed E-state index contributed by atoms with van der Waals surface area (Å²) in [4.78, 5) is 17.4. The van der Waals surface area contributed by atoms with E-state index in [1.807, 2.05) is 18.2 Å². The zero-order valence-electron chi connectivity index (χ0n) is 11.2. The lowest BCUT2D eigenvalue weighted by Gasteiger charge is -2.07. The highest BCUT2D eigenvalue weighted by Gasteiger charge is 2.13. The average Bonchev–Trinajstić information content (AvgIpc) is 2.97. The van der Waals surface area contributed by atoms with E-state index in [1.54, 1.807) is 18.1 Å². The molecule has 7 heteroatoms. The Labute approximate surface area is 130 Å². The van der Waals surface area contributed by atoms with Gasteiger partial charge in [-0.2, -0.15) is 5.26 Å². The van der Waals surface area contributed by atoms with Crippen molar-refractivity contribution in [1.82, 2.24) is 19.9 Å². The number of hydrogen-bond acceptors (Lipinski definition) is 6. The molecule has 1 aromatic carbocycles. The molecule has 0 radical (unpaired) electrons. The Balaban J connectivity index is 2.04. The second-order valence-electron chi connectivity index (χ2n) is 4.06. The van der Waals surface area contributed by atoms with Crippen molar-refractivity contribution in [3.63, 3.8) is 0 Å². The predicted molar refractivity (Wildman–Crippen MR) is 83.4 cm³/mol. The number of nitriles is 1. The van der Waals surface area contributed by atoms with Gasteiger partial charge in [0, 0.05) is 9.79 Å². The molecule has 3 aromatic rings. The molecular formula is C14H11N5S2. The van der Waals surface area contributed by atoms with E-state index in [-0.39, 0.29) is 0 Å². The van der Waals surface area contributed by atoms with E-state index in [0.29, 0.717) is 11.2 Å². The fourth-order valence-electron chi connectivity index (χ4n) is 1.91. The molecule has 0 fully saturated rings. The van der Waals surface area contributed by atoms with Gasteiger partial charge in [-0.05, 0) is 17.9 Å². The lowest BCUT2D eigenvalue weighted by molar-refractivity contribution is 1.08. The first-order valence-electron chi connectivity index (χ1n) is 6.31. The highest BCUT2D eigenvalue weighted by atomic mass is 32.2. The van der Waals surface area contributed by atoms with E-state index in [0.717, 1.165) is 26.1 Å². The largest absolute Gasteiger partial charge is 0.341 e.